The third-order valence-electron chi connectivity index (χ3n) is 2.03. The van der Waals surface area contributed by atoms with Crippen LogP contribution in [0.4, 0.5) is 0 Å². The predicted octanol–water partition coefficient (Wildman–Crippen LogP) is -0.0180. The lowest BCUT2D eigenvalue weighted by Gasteiger charge is -2.17. The number of rotatable bonds is 5. The van der Waals surface area contributed by atoms with E-state index in [0.29, 0.717) is 5.69 Å². The molecule has 7 heteroatoms. The minimum atomic E-state index is -0.955. The molecule has 0 bridgehead atoms. The second-order valence-corrected chi connectivity index (χ2v) is 4.28. The van der Waals surface area contributed by atoms with Gasteiger partial charge in [-0.05, 0) is 13.8 Å². The van der Waals surface area contributed by atoms with Crippen molar-refractivity contribution in [2.75, 3.05) is 14.2 Å². The molecular weight excluding hydrogens is 226 g/mol. The number of hydrogen-bond acceptors (Lipinski definition) is 6. The molecule has 0 aliphatic rings. The summed E-state index contributed by atoms with van der Waals surface area (Å²) >= 11 is 0. The molecule has 0 atom stereocenters. The number of esters is 1. The Kier molecular flexibility index (Phi) is 4.19. The third kappa shape index (κ3) is 3.50. The van der Waals surface area contributed by atoms with Crippen LogP contribution < -0.4 is 0 Å². The van der Waals surface area contributed by atoms with Crippen LogP contribution in [-0.4, -0.2) is 45.9 Å². The number of carbonyl (C=O) groups excluding carboxylic acids is 1. The summed E-state index contributed by atoms with van der Waals surface area (Å²) < 4.78 is 11.0. The van der Waals surface area contributed by atoms with Crippen molar-refractivity contribution >= 4 is 5.97 Å². The molecule has 0 aliphatic heterocycles. The van der Waals surface area contributed by atoms with Gasteiger partial charge in [-0.3, -0.25) is 0 Å². The quantitative estimate of drug-likeness (QED) is 0.731. The van der Waals surface area contributed by atoms with Gasteiger partial charge in [0.25, 0.3) is 0 Å². The Balaban J connectivity index is 3.06. The van der Waals surface area contributed by atoms with Crippen LogP contribution in [0.25, 0.3) is 0 Å². The maximum absolute atomic E-state index is 11.4. The summed E-state index contributed by atoms with van der Waals surface area (Å²) in [6.45, 7) is 3.68. The number of nitrogens with zero attached hydrogens (tertiary/aromatic N) is 3. The van der Waals surface area contributed by atoms with E-state index < -0.39 is 11.6 Å². The van der Waals surface area contributed by atoms with Gasteiger partial charge in [-0.1, -0.05) is 5.21 Å². The van der Waals surface area contributed by atoms with Gasteiger partial charge in [0.05, 0.1) is 31.6 Å². The zero-order valence-corrected chi connectivity index (χ0v) is 10.4. The van der Waals surface area contributed by atoms with Crippen molar-refractivity contribution < 1.29 is 19.4 Å². The molecular formula is C10H17N3O4. The Bertz CT molecular complexity index is 395. The molecule has 0 spiro atoms. The average Bonchev–Trinajstić information content (AvgIpc) is 2.59. The fraction of sp³-hybridized carbons (Fsp3) is 0.700. The van der Waals surface area contributed by atoms with E-state index in [4.69, 9.17) is 4.74 Å². The normalized spacial score (nSPS) is 11.6. The van der Waals surface area contributed by atoms with E-state index in [1.54, 1.807) is 13.8 Å². The second kappa shape index (κ2) is 5.24. The summed E-state index contributed by atoms with van der Waals surface area (Å²) in [6.07, 6.45) is 0. The number of methoxy groups -OCH3 is 2. The summed E-state index contributed by atoms with van der Waals surface area (Å²) in [5, 5.41) is 17.3. The van der Waals surface area contributed by atoms with Crippen LogP contribution >= 0.6 is 0 Å². The van der Waals surface area contributed by atoms with Crippen molar-refractivity contribution in [3.05, 3.63) is 11.4 Å². The van der Waals surface area contributed by atoms with Crippen LogP contribution in [0.15, 0.2) is 0 Å². The maximum atomic E-state index is 11.4. The first-order chi connectivity index (χ1) is 7.89. The third-order valence-corrected chi connectivity index (χ3v) is 2.03. The predicted molar refractivity (Wildman–Crippen MR) is 58.4 cm³/mol. The summed E-state index contributed by atoms with van der Waals surface area (Å²) in [4.78, 5) is 11.4. The molecule has 1 N–H and O–H groups in total. The van der Waals surface area contributed by atoms with Gasteiger partial charge in [-0.25, -0.2) is 9.48 Å². The molecule has 0 aromatic carbocycles. The van der Waals surface area contributed by atoms with Gasteiger partial charge in [-0.15, -0.1) is 5.10 Å². The van der Waals surface area contributed by atoms with Gasteiger partial charge >= 0.3 is 5.97 Å². The molecule has 0 radical (unpaired) electrons. The molecule has 0 fully saturated rings. The van der Waals surface area contributed by atoms with Crippen LogP contribution in [0, 0.1) is 0 Å². The van der Waals surface area contributed by atoms with Gasteiger partial charge in [0.15, 0.2) is 5.69 Å². The minimum absolute atomic E-state index is 0.110. The number of ether oxygens (including phenoxy) is 2. The van der Waals surface area contributed by atoms with E-state index >= 15 is 0 Å². The molecule has 0 saturated carbocycles. The Hall–Kier alpha value is -1.47. The Morgan fingerprint density at radius 1 is 1.47 bits per heavy atom. The van der Waals surface area contributed by atoms with Gasteiger partial charge in [0.1, 0.15) is 0 Å². The van der Waals surface area contributed by atoms with E-state index in [2.05, 4.69) is 15.0 Å². The lowest BCUT2D eigenvalue weighted by atomic mass is 10.1. The van der Waals surface area contributed by atoms with Crippen LogP contribution in [0.3, 0.4) is 0 Å². The fourth-order valence-corrected chi connectivity index (χ4v) is 1.36. The maximum Gasteiger partial charge on any atom is 0.360 e. The van der Waals surface area contributed by atoms with E-state index in [0.717, 1.165) is 0 Å². The summed E-state index contributed by atoms with van der Waals surface area (Å²) in [5.74, 6) is -0.570. The number of aromatic nitrogens is 3. The molecule has 0 amide bonds. The molecule has 1 heterocycles. The standard InChI is InChI=1S/C10H17N3O4/c1-10(2,15)6-13-7(5-16-3)8(11-12-13)9(14)17-4/h15H,5-6H2,1-4H3. The molecule has 17 heavy (non-hydrogen) atoms. The van der Waals surface area contributed by atoms with Crippen molar-refractivity contribution in [2.45, 2.75) is 32.6 Å². The molecule has 7 nitrogen and oxygen atoms in total. The first-order valence-corrected chi connectivity index (χ1v) is 5.11. The summed E-state index contributed by atoms with van der Waals surface area (Å²) in [6, 6.07) is 0. The summed E-state index contributed by atoms with van der Waals surface area (Å²) in [7, 11) is 2.77. The number of hydrogen-bond donors (Lipinski definition) is 1. The van der Waals surface area contributed by atoms with Crippen molar-refractivity contribution in [3.63, 3.8) is 0 Å². The zero-order chi connectivity index (χ0) is 13.1. The van der Waals surface area contributed by atoms with Gasteiger partial charge in [0.2, 0.25) is 0 Å². The summed E-state index contributed by atoms with van der Waals surface area (Å²) in [5.41, 5.74) is -0.357. The number of aliphatic hydroxyl groups is 1. The molecule has 1 rings (SSSR count). The monoisotopic (exact) mass is 243 g/mol. The van der Waals surface area contributed by atoms with E-state index in [1.165, 1.54) is 18.9 Å². The topological polar surface area (TPSA) is 86.5 Å². The van der Waals surface area contributed by atoms with Crippen LogP contribution in [-0.2, 0) is 22.6 Å². The number of carbonyl (C=O) groups is 1. The van der Waals surface area contributed by atoms with Crippen molar-refractivity contribution in [2.24, 2.45) is 0 Å². The molecule has 0 aliphatic carbocycles. The average molecular weight is 243 g/mol. The molecule has 96 valence electrons. The highest BCUT2D eigenvalue weighted by atomic mass is 16.5. The van der Waals surface area contributed by atoms with Crippen molar-refractivity contribution in [1.82, 2.24) is 15.0 Å². The smallest absolute Gasteiger partial charge is 0.360 e. The second-order valence-electron chi connectivity index (χ2n) is 4.28. The van der Waals surface area contributed by atoms with E-state index in [9.17, 15) is 9.90 Å². The Morgan fingerprint density at radius 3 is 2.59 bits per heavy atom. The largest absolute Gasteiger partial charge is 0.464 e. The van der Waals surface area contributed by atoms with Crippen molar-refractivity contribution in [1.29, 1.82) is 0 Å². The van der Waals surface area contributed by atoms with Crippen molar-refractivity contribution in [3.8, 4) is 0 Å². The first kappa shape index (κ1) is 13.6. The van der Waals surface area contributed by atoms with Crippen LogP contribution in [0.1, 0.15) is 30.0 Å². The highest BCUT2D eigenvalue weighted by Crippen LogP contribution is 2.12. The minimum Gasteiger partial charge on any atom is -0.464 e. The Labute approximate surface area is 99.3 Å². The zero-order valence-electron chi connectivity index (χ0n) is 10.4. The van der Waals surface area contributed by atoms with Gasteiger partial charge < -0.3 is 14.6 Å². The highest BCUT2D eigenvalue weighted by molar-refractivity contribution is 5.88. The molecule has 0 unspecified atom stereocenters. The lowest BCUT2D eigenvalue weighted by Crippen LogP contribution is -2.28. The van der Waals surface area contributed by atoms with Gasteiger partial charge in [-0.2, -0.15) is 0 Å². The van der Waals surface area contributed by atoms with Crippen LogP contribution in [0.5, 0.6) is 0 Å². The SMILES string of the molecule is COCc1c(C(=O)OC)nnn1CC(C)(C)O. The molecule has 1 aromatic rings. The molecule has 0 saturated heterocycles. The van der Waals surface area contributed by atoms with E-state index in [1.807, 2.05) is 0 Å². The van der Waals surface area contributed by atoms with Crippen LogP contribution in [0.2, 0.25) is 0 Å². The highest BCUT2D eigenvalue weighted by Gasteiger charge is 2.23. The fourth-order valence-electron chi connectivity index (χ4n) is 1.36. The lowest BCUT2D eigenvalue weighted by molar-refractivity contribution is 0.0526. The first-order valence-electron chi connectivity index (χ1n) is 5.11. The Morgan fingerprint density at radius 2 is 2.12 bits per heavy atom. The van der Waals surface area contributed by atoms with E-state index in [-0.39, 0.29) is 18.8 Å². The molecule has 1 aromatic heterocycles. The van der Waals surface area contributed by atoms with Gasteiger partial charge in [0, 0.05) is 7.11 Å².